The fourth-order valence-electron chi connectivity index (χ4n) is 2.73. The molecule has 2 N–H and O–H groups in total. The van der Waals surface area contributed by atoms with Gasteiger partial charge in [-0.3, -0.25) is 4.79 Å². The summed E-state index contributed by atoms with van der Waals surface area (Å²) < 4.78 is 6.55. The van der Waals surface area contributed by atoms with Crippen LogP contribution in [0.15, 0.2) is 22.7 Å². The zero-order valence-electron chi connectivity index (χ0n) is 15.8. The normalized spacial score (nSPS) is 10.9. The van der Waals surface area contributed by atoms with Gasteiger partial charge in [-0.25, -0.2) is 9.97 Å². The van der Waals surface area contributed by atoms with E-state index in [-0.39, 0.29) is 18.0 Å². The van der Waals surface area contributed by atoms with Crippen LogP contribution in [-0.4, -0.2) is 40.0 Å². The molecule has 0 spiro atoms. The molecule has 0 saturated heterocycles. The number of nitrogen functional groups attached to an aromatic ring is 1. The van der Waals surface area contributed by atoms with Crippen molar-refractivity contribution < 1.29 is 9.53 Å². The Morgan fingerprint density at radius 3 is 2.46 bits per heavy atom. The van der Waals surface area contributed by atoms with Crippen molar-refractivity contribution in [3.05, 3.63) is 33.9 Å². The molecule has 2 aromatic rings. The summed E-state index contributed by atoms with van der Waals surface area (Å²) in [7, 11) is 0. The van der Waals surface area contributed by atoms with Gasteiger partial charge in [0.15, 0.2) is 0 Å². The number of ether oxygens (including phenoxy) is 1. The first-order valence-corrected chi connectivity index (χ1v) is 9.47. The lowest BCUT2D eigenvalue weighted by Crippen LogP contribution is -2.32. The minimum atomic E-state index is -0.0962. The minimum Gasteiger partial charge on any atom is -0.490 e. The number of carbonyl (C=O) groups excluding carboxylic acids is 1. The Labute approximate surface area is 162 Å². The Morgan fingerprint density at radius 1 is 1.27 bits per heavy atom. The Morgan fingerprint density at radius 2 is 1.92 bits per heavy atom. The van der Waals surface area contributed by atoms with Gasteiger partial charge in [0, 0.05) is 18.7 Å². The predicted octanol–water partition coefficient (Wildman–Crippen LogP) is 4.07. The molecular weight excluding hydrogens is 396 g/mol. The molecular formula is C19H25BrN4O2. The number of aromatic nitrogens is 2. The van der Waals surface area contributed by atoms with Crippen LogP contribution in [0.5, 0.6) is 5.75 Å². The summed E-state index contributed by atoms with van der Waals surface area (Å²) in [5.41, 5.74) is 8.22. The summed E-state index contributed by atoms with van der Waals surface area (Å²) in [5.74, 6) is 0.785. The monoisotopic (exact) mass is 420 g/mol. The van der Waals surface area contributed by atoms with Crippen molar-refractivity contribution in [1.82, 2.24) is 14.9 Å². The molecule has 0 aliphatic carbocycles. The van der Waals surface area contributed by atoms with Crippen LogP contribution in [0.3, 0.4) is 0 Å². The van der Waals surface area contributed by atoms with E-state index in [1.165, 1.54) is 0 Å². The number of benzene rings is 1. The molecule has 0 atom stereocenters. The molecule has 2 rings (SSSR count). The average Bonchev–Trinajstić information content (AvgIpc) is 2.56. The number of halogens is 1. The fraction of sp³-hybridized carbons (Fsp3) is 0.421. The molecule has 0 bridgehead atoms. The third-order valence-corrected chi connectivity index (χ3v) is 4.56. The van der Waals surface area contributed by atoms with Crippen LogP contribution in [0, 0.1) is 6.92 Å². The second kappa shape index (κ2) is 8.49. The molecule has 0 radical (unpaired) electrons. The molecule has 0 aliphatic heterocycles. The topological polar surface area (TPSA) is 81.3 Å². The zero-order valence-corrected chi connectivity index (χ0v) is 17.4. The Kier molecular flexibility index (Phi) is 6.58. The van der Waals surface area contributed by atoms with Crippen LogP contribution in [0.1, 0.15) is 43.7 Å². The largest absolute Gasteiger partial charge is 0.490 e. The van der Waals surface area contributed by atoms with Crippen molar-refractivity contribution >= 4 is 27.8 Å². The fourth-order valence-corrected chi connectivity index (χ4v) is 3.20. The van der Waals surface area contributed by atoms with Gasteiger partial charge in [-0.05, 0) is 68.7 Å². The first-order valence-electron chi connectivity index (χ1n) is 8.68. The molecule has 1 heterocycles. The molecule has 140 valence electrons. The van der Waals surface area contributed by atoms with E-state index in [2.05, 4.69) is 25.9 Å². The molecule has 0 aliphatic rings. The second-order valence-corrected chi connectivity index (χ2v) is 7.03. The highest BCUT2D eigenvalue weighted by Crippen LogP contribution is 2.33. The summed E-state index contributed by atoms with van der Waals surface area (Å²) in [5, 5.41) is 0. The van der Waals surface area contributed by atoms with E-state index >= 15 is 0 Å². The number of aryl methyl sites for hydroxylation is 1. The van der Waals surface area contributed by atoms with Crippen molar-refractivity contribution in [1.29, 1.82) is 0 Å². The van der Waals surface area contributed by atoms with Crippen LogP contribution >= 0.6 is 15.9 Å². The first-order chi connectivity index (χ1) is 12.3. The Bertz CT molecular complexity index is 804. The van der Waals surface area contributed by atoms with Crippen LogP contribution in [0.25, 0.3) is 11.3 Å². The van der Waals surface area contributed by atoms with Gasteiger partial charge in [-0.1, -0.05) is 0 Å². The first kappa shape index (κ1) is 20.2. The van der Waals surface area contributed by atoms with E-state index in [1.807, 2.05) is 45.9 Å². The summed E-state index contributed by atoms with van der Waals surface area (Å²) in [4.78, 5) is 23.3. The van der Waals surface area contributed by atoms with Crippen molar-refractivity contribution in [2.45, 2.75) is 40.7 Å². The lowest BCUT2D eigenvalue weighted by Gasteiger charge is -2.21. The van der Waals surface area contributed by atoms with Gasteiger partial charge in [-0.15, -0.1) is 0 Å². The SMILES string of the molecule is CCN(CC)C(=O)c1c(C)nc(N)nc1-c1ccc(OC(C)C)c(Br)c1. The highest BCUT2D eigenvalue weighted by atomic mass is 79.9. The van der Waals surface area contributed by atoms with E-state index in [4.69, 9.17) is 10.5 Å². The summed E-state index contributed by atoms with van der Waals surface area (Å²) in [6, 6.07) is 5.62. The smallest absolute Gasteiger partial charge is 0.257 e. The second-order valence-electron chi connectivity index (χ2n) is 6.18. The molecule has 0 saturated carbocycles. The zero-order chi connectivity index (χ0) is 19.4. The summed E-state index contributed by atoms with van der Waals surface area (Å²) in [6.07, 6.45) is 0.0638. The van der Waals surface area contributed by atoms with Gasteiger partial charge in [0.1, 0.15) is 5.75 Å². The Balaban J connectivity index is 2.59. The van der Waals surface area contributed by atoms with Crippen molar-refractivity contribution in [2.24, 2.45) is 0 Å². The van der Waals surface area contributed by atoms with E-state index in [0.717, 1.165) is 15.8 Å². The lowest BCUT2D eigenvalue weighted by atomic mass is 10.0. The molecule has 26 heavy (non-hydrogen) atoms. The quantitative estimate of drug-likeness (QED) is 0.761. The molecule has 0 fully saturated rings. The maximum Gasteiger partial charge on any atom is 0.257 e. The number of hydrogen-bond acceptors (Lipinski definition) is 5. The van der Waals surface area contributed by atoms with Gasteiger partial charge < -0.3 is 15.4 Å². The standard InChI is InChI=1S/C19H25BrN4O2/c1-6-24(7-2)18(25)16-12(5)22-19(21)23-17(16)13-8-9-15(14(20)10-13)26-11(3)4/h8-11H,6-7H2,1-5H3,(H2,21,22,23). The highest BCUT2D eigenvalue weighted by molar-refractivity contribution is 9.10. The molecule has 0 unspecified atom stereocenters. The van der Waals surface area contributed by atoms with E-state index in [1.54, 1.807) is 11.8 Å². The van der Waals surface area contributed by atoms with Gasteiger partial charge in [-0.2, -0.15) is 0 Å². The van der Waals surface area contributed by atoms with Crippen LogP contribution in [0.2, 0.25) is 0 Å². The van der Waals surface area contributed by atoms with Crippen LogP contribution in [0.4, 0.5) is 5.95 Å². The minimum absolute atomic E-state index is 0.0638. The molecule has 1 aromatic carbocycles. The van der Waals surface area contributed by atoms with E-state index < -0.39 is 0 Å². The number of rotatable bonds is 6. The number of hydrogen-bond donors (Lipinski definition) is 1. The number of nitrogens with zero attached hydrogens (tertiary/aromatic N) is 3. The van der Waals surface area contributed by atoms with E-state index in [9.17, 15) is 4.79 Å². The molecule has 7 heteroatoms. The van der Waals surface area contributed by atoms with E-state index in [0.29, 0.717) is 30.0 Å². The van der Waals surface area contributed by atoms with Crippen molar-refractivity contribution in [3.8, 4) is 17.0 Å². The number of anilines is 1. The highest BCUT2D eigenvalue weighted by Gasteiger charge is 2.23. The third kappa shape index (κ3) is 4.33. The summed E-state index contributed by atoms with van der Waals surface area (Å²) >= 11 is 3.53. The van der Waals surface area contributed by atoms with Gasteiger partial charge in [0.2, 0.25) is 5.95 Å². The molecule has 1 aromatic heterocycles. The average molecular weight is 421 g/mol. The number of nitrogens with two attached hydrogens (primary N) is 1. The number of amides is 1. The molecule has 6 nitrogen and oxygen atoms in total. The number of carbonyl (C=O) groups is 1. The molecule has 1 amide bonds. The predicted molar refractivity (Wildman–Crippen MR) is 107 cm³/mol. The van der Waals surface area contributed by atoms with Gasteiger partial charge in [0.25, 0.3) is 5.91 Å². The Hall–Kier alpha value is -2.15. The van der Waals surface area contributed by atoms with Crippen LogP contribution in [-0.2, 0) is 0 Å². The summed E-state index contributed by atoms with van der Waals surface area (Å²) in [6.45, 7) is 10.8. The van der Waals surface area contributed by atoms with Crippen LogP contribution < -0.4 is 10.5 Å². The maximum absolute atomic E-state index is 13.0. The lowest BCUT2D eigenvalue weighted by molar-refractivity contribution is 0.0772. The van der Waals surface area contributed by atoms with Crippen molar-refractivity contribution in [3.63, 3.8) is 0 Å². The maximum atomic E-state index is 13.0. The third-order valence-electron chi connectivity index (χ3n) is 3.94. The van der Waals surface area contributed by atoms with Gasteiger partial charge in [0.05, 0.1) is 27.5 Å². The van der Waals surface area contributed by atoms with Crippen molar-refractivity contribution in [2.75, 3.05) is 18.8 Å². The van der Waals surface area contributed by atoms with Gasteiger partial charge >= 0.3 is 0 Å².